The third kappa shape index (κ3) is 5.56. The van der Waals surface area contributed by atoms with Crippen LogP contribution in [0.2, 0.25) is 0 Å². The molecule has 1 aromatic carbocycles. The maximum absolute atomic E-state index is 5.50. The lowest BCUT2D eigenvalue weighted by Crippen LogP contribution is -2.51. The smallest absolute Gasteiger partial charge is 0.173 e. The third-order valence-corrected chi connectivity index (χ3v) is 5.85. The van der Waals surface area contributed by atoms with Crippen LogP contribution in [0.15, 0.2) is 30.3 Å². The van der Waals surface area contributed by atoms with Crippen molar-refractivity contribution in [3.8, 4) is 0 Å². The van der Waals surface area contributed by atoms with Crippen LogP contribution in [0.25, 0.3) is 0 Å². The molecule has 1 heterocycles. The van der Waals surface area contributed by atoms with Crippen molar-refractivity contribution in [1.82, 2.24) is 14.7 Å². The molecule has 0 aliphatic carbocycles. The van der Waals surface area contributed by atoms with E-state index in [4.69, 9.17) is 36.7 Å². The Bertz CT molecular complexity index is 568. The summed E-state index contributed by atoms with van der Waals surface area (Å²) >= 11 is 17.8. The molecule has 0 spiro atoms. The van der Waals surface area contributed by atoms with Gasteiger partial charge in [0, 0.05) is 46.0 Å². The van der Waals surface area contributed by atoms with Crippen LogP contribution in [0.3, 0.4) is 0 Å². The van der Waals surface area contributed by atoms with Crippen molar-refractivity contribution < 1.29 is 0 Å². The molecule has 2 rings (SSSR count). The average molecular weight is 385 g/mol. The van der Waals surface area contributed by atoms with Gasteiger partial charge in [0.05, 0.1) is 0 Å². The zero-order chi connectivity index (χ0) is 16.8. The van der Waals surface area contributed by atoms with Gasteiger partial charge in [-0.3, -0.25) is 0 Å². The van der Waals surface area contributed by atoms with Crippen molar-refractivity contribution in [2.75, 3.05) is 45.6 Å². The number of thioether (sulfide) groups is 1. The Morgan fingerprint density at radius 2 is 1.57 bits per heavy atom. The van der Waals surface area contributed by atoms with Gasteiger partial charge in [-0.2, -0.15) is 0 Å². The van der Waals surface area contributed by atoms with Crippen LogP contribution in [-0.2, 0) is 0 Å². The van der Waals surface area contributed by atoms with Crippen molar-refractivity contribution in [3.05, 3.63) is 30.3 Å². The standard InChI is InChI=1S/C15H20N4S4/c1-17(2)14(21)23-15(22)19-10-8-18(9-11-19)13(20)16-12-6-4-3-5-7-12/h3-7H,8-11H2,1-2H3,(H,16,20). The minimum atomic E-state index is 0.762. The van der Waals surface area contributed by atoms with Crippen LogP contribution < -0.4 is 5.32 Å². The Morgan fingerprint density at radius 1 is 1.00 bits per heavy atom. The molecule has 0 unspecified atom stereocenters. The van der Waals surface area contributed by atoms with E-state index in [0.29, 0.717) is 0 Å². The van der Waals surface area contributed by atoms with E-state index in [9.17, 15) is 0 Å². The van der Waals surface area contributed by atoms with Gasteiger partial charge in [0.1, 0.15) is 8.64 Å². The molecular weight excluding hydrogens is 364 g/mol. The zero-order valence-electron chi connectivity index (χ0n) is 13.2. The number of para-hydroxylation sites is 1. The monoisotopic (exact) mass is 384 g/mol. The largest absolute Gasteiger partial charge is 0.363 e. The lowest BCUT2D eigenvalue weighted by molar-refractivity contribution is 0.267. The van der Waals surface area contributed by atoms with E-state index in [1.165, 1.54) is 11.8 Å². The number of benzene rings is 1. The van der Waals surface area contributed by atoms with E-state index in [-0.39, 0.29) is 0 Å². The quantitative estimate of drug-likeness (QED) is 0.737. The van der Waals surface area contributed by atoms with Crippen LogP contribution in [0.1, 0.15) is 0 Å². The minimum absolute atomic E-state index is 0.762. The Labute approximate surface area is 158 Å². The van der Waals surface area contributed by atoms with Gasteiger partial charge < -0.3 is 20.0 Å². The van der Waals surface area contributed by atoms with E-state index in [2.05, 4.69) is 15.1 Å². The predicted molar refractivity (Wildman–Crippen MR) is 112 cm³/mol. The number of piperazine rings is 1. The molecule has 0 saturated carbocycles. The molecule has 1 aromatic rings. The van der Waals surface area contributed by atoms with Gasteiger partial charge in [-0.1, -0.05) is 42.6 Å². The maximum atomic E-state index is 5.50. The summed E-state index contributed by atoms with van der Waals surface area (Å²) in [5.41, 5.74) is 1.02. The minimum Gasteiger partial charge on any atom is -0.363 e. The van der Waals surface area contributed by atoms with E-state index in [1.807, 2.05) is 49.3 Å². The molecule has 23 heavy (non-hydrogen) atoms. The molecule has 1 fully saturated rings. The zero-order valence-corrected chi connectivity index (χ0v) is 16.5. The highest BCUT2D eigenvalue weighted by Gasteiger charge is 2.21. The first kappa shape index (κ1) is 18.4. The van der Waals surface area contributed by atoms with Gasteiger partial charge in [-0.15, -0.1) is 0 Å². The molecular formula is C15H20N4S4. The SMILES string of the molecule is CN(C)C(=S)SC(=S)N1CCN(C(=S)Nc2ccccc2)CC1. The maximum Gasteiger partial charge on any atom is 0.173 e. The first-order chi connectivity index (χ1) is 11.0. The van der Waals surface area contributed by atoms with Crippen molar-refractivity contribution in [1.29, 1.82) is 0 Å². The fraction of sp³-hybridized carbons (Fsp3) is 0.400. The Balaban J connectivity index is 1.80. The van der Waals surface area contributed by atoms with Crippen LogP contribution in [0, 0.1) is 0 Å². The molecule has 124 valence electrons. The summed E-state index contributed by atoms with van der Waals surface area (Å²) in [6, 6.07) is 10.00. The van der Waals surface area contributed by atoms with Gasteiger partial charge in [0.25, 0.3) is 0 Å². The fourth-order valence-corrected chi connectivity index (χ4v) is 3.81. The molecule has 4 nitrogen and oxygen atoms in total. The van der Waals surface area contributed by atoms with Gasteiger partial charge in [-0.25, -0.2) is 0 Å². The summed E-state index contributed by atoms with van der Waals surface area (Å²) in [7, 11) is 3.87. The highest BCUT2D eigenvalue weighted by atomic mass is 32.2. The van der Waals surface area contributed by atoms with E-state index in [0.717, 1.165) is 45.6 Å². The number of anilines is 1. The summed E-state index contributed by atoms with van der Waals surface area (Å²) in [6.45, 7) is 3.43. The van der Waals surface area contributed by atoms with Crippen LogP contribution >= 0.6 is 48.4 Å². The summed E-state index contributed by atoms with van der Waals surface area (Å²) < 4.78 is 1.63. The van der Waals surface area contributed by atoms with Gasteiger partial charge in [-0.05, 0) is 36.1 Å². The van der Waals surface area contributed by atoms with Crippen molar-refractivity contribution in [3.63, 3.8) is 0 Å². The average Bonchev–Trinajstić information content (AvgIpc) is 2.55. The van der Waals surface area contributed by atoms with Crippen LogP contribution in [0.4, 0.5) is 5.69 Å². The molecule has 0 radical (unpaired) electrons. The Kier molecular flexibility index (Phi) is 7.01. The van der Waals surface area contributed by atoms with E-state index < -0.39 is 0 Å². The number of rotatable bonds is 1. The summed E-state index contributed by atoms with van der Waals surface area (Å²) in [5, 5.41) is 4.04. The second-order valence-corrected chi connectivity index (χ2v) is 7.95. The molecule has 0 bridgehead atoms. The normalized spacial score (nSPS) is 14.3. The second-order valence-electron chi connectivity index (χ2n) is 5.30. The molecule has 0 amide bonds. The lowest BCUT2D eigenvalue weighted by Gasteiger charge is -2.37. The molecule has 1 N–H and O–H groups in total. The summed E-state index contributed by atoms with van der Waals surface area (Å²) in [4.78, 5) is 6.27. The Morgan fingerprint density at radius 3 is 2.13 bits per heavy atom. The Hall–Kier alpha value is -0.960. The van der Waals surface area contributed by atoms with Crippen LogP contribution in [0.5, 0.6) is 0 Å². The highest BCUT2D eigenvalue weighted by molar-refractivity contribution is 8.37. The summed E-state index contributed by atoms with van der Waals surface area (Å²) in [5.74, 6) is 0. The number of nitrogens with zero attached hydrogens (tertiary/aromatic N) is 3. The van der Waals surface area contributed by atoms with E-state index >= 15 is 0 Å². The molecule has 8 heteroatoms. The fourth-order valence-electron chi connectivity index (χ4n) is 2.05. The topological polar surface area (TPSA) is 21.8 Å². The van der Waals surface area contributed by atoms with Gasteiger partial charge in [0.15, 0.2) is 5.11 Å². The first-order valence-electron chi connectivity index (χ1n) is 7.26. The molecule has 1 aliphatic rings. The highest BCUT2D eigenvalue weighted by Crippen LogP contribution is 2.16. The molecule has 0 atom stereocenters. The third-order valence-electron chi connectivity index (χ3n) is 3.39. The van der Waals surface area contributed by atoms with Crippen molar-refractivity contribution in [2.45, 2.75) is 0 Å². The van der Waals surface area contributed by atoms with Gasteiger partial charge in [0.2, 0.25) is 0 Å². The molecule has 1 aliphatic heterocycles. The second kappa shape index (κ2) is 8.77. The van der Waals surface area contributed by atoms with Crippen molar-refractivity contribution in [2.24, 2.45) is 0 Å². The predicted octanol–water partition coefficient (Wildman–Crippen LogP) is 2.87. The lowest BCUT2D eigenvalue weighted by atomic mass is 10.3. The van der Waals surface area contributed by atoms with Gasteiger partial charge >= 0.3 is 0 Å². The summed E-state index contributed by atoms with van der Waals surface area (Å²) in [6.07, 6.45) is 0. The van der Waals surface area contributed by atoms with Crippen LogP contribution in [-0.4, -0.2) is 68.7 Å². The van der Waals surface area contributed by atoms with E-state index in [1.54, 1.807) is 0 Å². The number of hydrogen-bond donors (Lipinski definition) is 1. The number of nitrogens with one attached hydrogen (secondary N) is 1. The number of thiocarbonyl (C=S) groups is 3. The first-order valence-corrected chi connectivity index (χ1v) is 9.30. The molecule has 1 saturated heterocycles. The molecule has 0 aromatic heterocycles. The van der Waals surface area contributed by atoms with Crippen molar-refractivity contribution >= 4 is 67.9 Å². The number of hydrogen-bond acceptors (Lipinski definition) is 4.